The normalized spacial score (nSPS) is 52.5. The molecule has 168 valence electrons. The summed E-state index contributed by atoms with van der Waals surface area (Å²) in [6.07, 6.45) is 1.16. The van der Waals surface area contributed by atoms with E-state index in [4.69, 9.17) is 4.74 Å². The molecule has 0 spiro atoms. The highest BCUT2D eigenvalue weighted by Gasteiger charge is 2.79. The zero-order valence-electron chi connectivity index (χ0n) is 18.2. The molecular formula is C23H34O7. The maximum absolute atomic E-state index is 12.5. The first-order valence-electron chi connectivity index (χ1n) is 11.0. The van der Waals surface area contributed by atoms with Crippen LogP contribution in [-0.2, 0) is 14.3 Å². The van der Waals surface area contributed by atoms with Crippen molar-refractivity contribution in [2.45, 2.75) is 95.7 Å². The summed E-state index contributed by atoms with van der Waals surface area (Å²) in [6.45, 7) is 6.32. The van der Waals surface area contributed by atoms with Crippen LogP contribution in [-0.4, -0.2) is 61.7 Å². The van der Waals surface area contributed by atoms with Crippen LogP contribution in [0.25, 0.3) is 0 Å². The highest BCUT2D eigenvalue weighted by Crippen LogP contribution is 2.70. The van der Waals surface area contributed by atoms with Gasteiger partial charge in [0.1, 0.15) is 29.2 Å². The average Bonchev–Trinajstić information content (AvgIpc) is 2.94. The number of carbonyl (C=O) groups is 2. The molecule has 9 unspecified atom stereocenters. The number of allylic oxidation sites excluding steroid dienone is 1. The van der Waals surface area contributed by atoms with E-state index in [2.05, 4.69) is 0 Å². The predicted molar refractivity (Wildman–Crippen MR) is 107 cm³/mol. The number of esters is 1. The quantitative estimate of drug-likeness (QED) is 0.390. The van der Waals surface area contributed by atoms with Crippen LogP contribution in [0.4, 0.5) is 0 Å². The van der Waals surface area contributed by atoms with Crippen molar-refractivity contribution < 1.29 is 34.8 Å². The summed E-state index contributed by atoms with van der Waals surface area (Å²) in [7, 11) is 0. The van der Waals surface area contributed by atoms with Gasteiger partial charge in [0, 0.05) is 24.2 Å². The molecule has 9 atom stereocenters. The van der Waals surface area contributed by atoms with Gasteiger partial charge in [0.25, 0.3) is 0 Å². The molecule has 4 rings (SSSR count). The van der Waals surface area contributed by atoms with Gasteiger partial charge in [-0.2, -0.15) is 0 Å². The molecule has 4 aliphatic carbocycles. The van der Waals surface area contributed by atoms with Crippen LogP contribution >= 0.6 is 0 Å². The van der Waals surface area contributed by atoms with Crippen molar-refractivity contribution in [3.8, 4) is 0 Å². The zero-order chi connectivity index (χ0) is 22.3. The Balaban J connectivity index is 1.94. The number of rotatable bonds is 2. The van der Waals surface area contributed by atoms with Crippen LogP contribution in [0.15, 0.2) is 11.6 Å². The first-order valence-corrected chi connectivity index (χ1v) is 11.0. The van der Waals surface area contributed by atoms with E-state index < -0.39 is 58.1 Å². The van der Waals surface area contributed by atoms with Crippen molar-refractivity contribution in [3.63, 3.8) is 0 Å². The number of hydrogen-bond donors (Lipinski definition) is 4. The van der Waals surface area contributed by atoms with Crippen LogP contribution in [0.2, 0.25) is 0 Å². The Bertz CT molecular complexity index is 807. The first-order chi connectivity index (χ1) is 13.8. The molecule has 0 saturated heterocycles. The number of ether oxygens (including phenoxy) is 1. The van der Waals surface area contributed by atoms with Gasteiger partial charge in [-0.3, -0.25) is 9.59 Å². The number of aliphatic hydroxyl groups excluding tert-OH is 2. The lowest BCUT2D eigenvalue weighted by molar-refractivity contribution is -0.333. The summed E-state index contributed by atoms with van der Waals surface area (Å²) in [5.74, 6) is -2.12. The summed E-state index contributed by atoms with van der Waals surface area (Å²) in [6, 6.07) is 0. The molecule has 0 aromatic rings. The maximum Gasteiger partial charge on any atom is 0.303 e. The van der Waals surface area contributed by atoms with Gasteiger partial charge in [-0.25, -0.2) is 0 Å². The van der Waals surface area contributed by atoms with Gasteiger partial charge in [0.05, 0.1) is 6.10 Å². The monoisotopic (exact) mass is 422 g/mol. The summed E-state index contributed by atoms with van der Waals surface area (Å²) in [4.78, 5) is 24.5. The number of hydrogen-bond acceptors (Lipinski definition) is 7. The van der Waals surface area contributed by atoms with Crippen LogP contribution in [0.5, 0.6) is 0 Å². The van der Waals surface area contributed by atoms with E-state index in [-0.39, 0.29) is 18.6 Å². The summed E-state index contributed by atoms with van der Waals surface area (Å²) in [5.41, 5.74) is -4.36. The molecule has 4 aliphatic rings. The van der Waals surface area contributed by atoms with Crippen LogP contribution in [0.3, 0.4) is 0 Å². The minimum Gasteiger partial charge on any atom is -0.459 e. The molecule has 7 nitrogen and oxygen atoms in total. The Morgan fingerprint density at radius 3 is 2.33 bits per heavy atom. The highest BCUT2D eigenvalue weighted by molar-refractivity contribution is 5.80. The third-order valence-corrected chi connectivity index (χ3v) is 9.24. The summed E-state index contributed by atoms with van der Waals surface area (Å²) < 4.78 is 5.66. The van der Waals surface area contributed by atoms with Crippen LogP contribution in [0.1, 0.15) is 66.2 Å². The molecule has 0 bridgehead atoms. The van der Waals surface area contributed by atoms with Crippen molar-refractivity contribution in [3.05, 3.63) is 11.6 Å². The Labute approximate surface area is 177 Å². The van der Waals surface area contributed by atoms with Gasteiger partial charge in [-0.1, -0.05) is 25.5 Å². The van der Waals surface area contributed by atoms with E-state index in [0.29, 0.717) is 25.7 Å². The van der Waals surface area contributed by atoms with E-state index in [1.54, 1.807) is 6.92 Å². The molecule has 0 amide bonds. The van der Waals surface area contributed by atoms with E-state index in [1.165, 1.54) is 13.8 Å². The molecule has 30 heavy (non-hydrogen) atoms. The fourth-order valence-corrected chi connectivity index (χ4v) is 7.76. The minimum atomic E-state index is -1.69. The van der Waals surface area contributed by atoms with Crippen LogP contribution in [0, 0.1) is 22.7 Å². The molecule has 7 heteroatoms. The maximum atomic E-state index is 12.5. The lowest BCUT2D eigenvalue weighted by atomic mass is 9.41. The van der Waals surface area contributed by atoms with Crippen molar-refractivity contribution in [2.24, 2.45) is 22.7 Å². The number of fused-ring (bicyclic) bond motifs is 5. The van der Waals surface area contributed by atoms with Gasteiger partial charge in [-0.05, 0) is 50.9 Å². The molecule has 3 saturated carbocycles. The molecule has 0 aromatic heterocycles. The van der Waals surface area contributed by atoms with E-state index in [1.807, 2.05) is 13.0 Å². The number of aliphatic hydroxyl groups is 4. The second-order valence-electron chi connectivity index (χ2n) is 10.5. The van der Waals surface area contributed by atoms with Gasteiger partial charge >= 0.3 is 5.97 Å². The topological polar surface area (TPSA) is 124 Å². The third kappa shape index (κ3) is 2.46. The standard InChI is InChI=1S/C23H34O7/c1-12(24)16-7-10-23(29)21(16,4)19(27)17(30-13(2)25)18-20(3)8-6-15(26)11-14(20)5-9-22(18,23)28/h11,15-19,26-29H,5-10H2,1-4H3. The molecule has 0 radical (unpaired) electrons. The molecule has 0 aliphatic heterocycles. The van der Waals surface area contributed by atoms with Gasteiger partial charge in [0.15, 0.2) is 0 Å². The van der Waals surface area contributed by atoms with Crippen molar-refractivity contribution in [1.29, 1.82) is 0 Å². The Kier molecular flexibility index (Phi) is 4.83. The minimum absolute atomic E-state index is 0.153. The SMILES string of the molecule is CC(=O)OC1C2C3(C)CCC(O)C=C3CCC2(O)C2(O)CCC(C(C)=O)C2(C)C1O. The fourth-order valence-electron chi connectivity index (χ4n) is 7.76. The molecular weight excluding hydrogens is 388 g/mol. The van der Waals surface area contributed by atoms with E-state index in [0.717, 1.165) is 5.57 Å². The first kappa shape index (κ1) is 21.9. The fraction of sp³-hybridized carbons (Fsp3) is 0.826. The number of ketones is 1. The second-order valence-corrected chi connectivity index (χ2v) is 10.5. The van der Waals surface area contributed by atoms with Gasteiger partial charge in [-0.15, -0.1) is 0 Å². The Morgan fingerprint density at radius 2 is 1.73 bits per heavy atom. The van der Waals surface area contributed by atoms with Crippen molar-refractivity contribution in [2.75, 3.05) is 0 Å². The Hall–Kier alpha value is -1.28. The lowest BCUT2D eigenvalue weighted by Crippen LogP contribution is -2.80. The number of carbonyl (C=O) groups excluding carboxylic acids is 2. The van der Waals surface area contributed by atoms with Gasteiger partial charge < -0.3 is 25.2 Å². The predicted octanol–water partition coefficient (Wildman–Crippen LogP) is 1.26. The van der Waals surface area contributed by atoms with Crippen molar-refractivity contribution in [1.82, 2.24) is 0 Å². The smallest absolute Gasteiger partial charge is 0.303 e. The van der Waals surface area contributed by atoms with Crippen molar-refractivity contribution >= 4 is 11.8 Å². The molecule has 0 aromatic carbocycles. The number of Topliss-reactive ketones (excluding diaryl/α,β-unsaturated/α-hetero) is 1. The molecule has 0 heterocycles. The third-order valence-electron chi connectivity index (χ3n) is 9.24. The van der Waals surface area contributed by atoms with Gasteiger partial charge in [0.2, 0.25) is 0 Å². The average molecular weight is 423 g/mol. The largest absolute Gasteiger partial charge is 0.459 e. The van der Waals surface area contributed by atoms with E-state index >= 15 is 0 Å². The Morgan fingerprint density at radius 1 is 1.07 bits per heavy atom. The zero-order valence-corrected chi connectivity index (χ0v) is 18.2. The van der Waals surface area contributed by atoms with E-state index in [9.17, 15) is 30.0 Å². The van der Waals surface area contributed by atoms with Crippen LogP contribution < -0.4 is 0 Å². The lowest BCUT2D eigenvalue weighted by Gasteiger charge is -2.68. The molecule has 3 fully saturated rings. The summed E-state index contributed by atoms with van der Waals surface area (Å²) >= 11 is 0. The highest BCUT2D eigenvalue weighted by atomic mass is 16.6. The molecule has 4 N–H and O–H groups in total. The second kappa shape index (κ2) is 6.61. The summed E-state index contributed by atoms with van der Waals surface area (Å²) in [5, 5.41) is 46.0.